The molecule has 2 aliphatic heterocycles. The summed E-state index contributed by atoms with van der Waals surface area (Å²) >= 11 is 0. The summed E-state index contributed by atoms with van der Waals surface area (Å²) in [6, 6.07) is 5.34. The highest BCUT2D eigenvalue weighted by Crippen LogP contribution is 2.26. The first-order valence-electron chi connectivity index (χ1n) is 10.5. The van der Waals surface area contributed by atoms with Crippen molar-refractivity contribution in [2.75, 3.05) is 32.7 Å². The summed E-state index contributed by atoms with van der Waals surface area (Å²) in [6.45, 7) is 4.73. The molecule has 1 aromatic heterocycles. The van der Waals surface area contributed by atoms with Crippen LogP contribution in [-0.2, 0) is 0 Å². The summed E-state index contributed by atoms with van der Waals surface area (Å²) in [5.41, 5.74) is 0.716. The molecule has 1 atom stereocenters. The molecule has 6 nitrogen and oxygen atoms in total. The largest absolute Gasteiger partial charge is 0.347 e. The summed E-state index contributed by atoms with van der Waals surface area (Å²) in [6.07, 6.45) is 8.54. The minimum atomic E-state index is -0.168. The van der Waals surface area contributed by atoms with Crippen molar-refractivity contribution >= 4 is 11.8 Å². The third kappa shape index (κ3) is 4.49. The Morgan fingerprint density at radius 2 is 1.74 bits per heavy atom. The standard InChI is InChI=1S/C21H30N4O2/c26-20(22-17-10-13-24(15-17)14-16-6-1-2-7-16)18-8-5-9-19(23-18)21(27)25-11-3-4-12-25/h5,8-9,16-17H,1-4,6-7,10-15H2,(H,22,26). The Morgan fingerprint density at radius 1 is 1.00 bits per heavy atom. The van der Waals surface area contributed by atoms with Crippen molar-refractivity contribution in [1.82, 2.24) is 20.1 Å². The second kappa shape index (κ2) is 8.38. The molecule has 1 aliphatic carbocycles. The van der Waals surface area contributed by atoms with Gasteiger partial charge in [-0.2, -0.15) is 0 Å². The summed E-state index contributed by atoms with van der Waals surface area (Å²) in [7, 11) is 0. The fourth-order valence-corrected chi connectivity index (χ4v) is 4.70. The smallest absolute Gasteiger partial charge is 0.272 e. The Morgan fingerprint density at radius 3 is 2.52 bits per heavy atom. The van der Waals surface area contributed by atoms with Gasteiger partial charge in [0.25, 0.3) is 11.8 Å². The molecular weight excluding hydrogens is 340 g/mol. The maximum atomic E-state index is 12.6. The third-order valence-corrected chi connectivity index (χ3v) is 6.19. The molecule has 3 fully saturated rings. The molecule has 1 aromatic rings. The van der Waals surface area contributed by atoms with Gasteiger partial charge in [-0.1, -0.05) is 18.9 Å². The lowest BCUT2D eigenvalue weighted by atomic mass is 10.1. The molecule has 4 rings (SSSR count). The first kappa shape index (κ1) is 18.4. The van der Waals surface area contributed by atoms with Gasteiger partial charge in [-0.25, -0.2) is 4.98 Å². The number of hydrogen-bond donors (Lipinski definition) is 1. The first-order chi connectivity index (χ1) is 13.2. The normalized spacial score (nSPS) is 23.9. The number of nitrogens with zero attached hydrogens (tertiary/aromatic N) is 3. The number of amides is 2. The molecule has 27 heavy (non-hydrogen) atoms. The van der Waals surface area contributed by atoms with Gasteiger partial charge in [-0.05, 0) is 50.2 Å². The number of carbonyl (C=O) groups excluding carboxylic acids is 2. The summed E-state index contributed by atoms with van der Waals surface area (Å²) in [5, 5.41) is 3.12. The summed E-state index contributed by atoms with van der Waals surface area (Å²) in [4.78, 5) is 33.8. The van der Waals surface area contributed by atoms with E-state index in [1.165, 1.54) is 32.2 Å². The van der Waals surface area contributed by atoms with Gasteiger partial charge in [0.05, 0.1) is 0 Å². The number of carbonyl (C=O) groups is 2. The van der Waals surface area contributed by atoms with Crippen LogP contribution in [0.4, 0.5) is 0 Å². The molecule has 2 amide bonds. The first-order valence-corrected chi connectivity index (χ1v) is 10.5. The van der Waals surface area contributed by atoms with Gasteiger partial charge in [-0.15, -0.1) is 0 Å². The fraction of sp³-hybridized carbons (Fsp3) is 0.667. The number of hydrogen-bond acceptors (Lipinski definition) is 4. The lowest BCUT2D eigenvalue weighted by molar-refractivity contribution is 0.0787. The van der Waals surface area contributed by atoms with Crippen LogP contribution in [0.2, 0.25) is 0 Å². The maximum absolute atomic E-state index is 12.6. The number of nitrogens with one attached hydrogen (secondary N) is 1. The molecule has 0 radical (unpaired) electrons. The van der Waals surface area contributed by atoms with Gasteiger partial charge in [0.1, 0.15) is 11.4 Å². The van der Waals surface area contributed by atoms with Gasteiger partial charge in [0.15, 0.2) is 0 Å². The SMILES string of the molecule is O=C(NC1CCN(CC2CCCC2)C1)c1cccc(C(=O)N2CCCC2)n1. The predicted octanol–water partition coefficient (Wildman–Crippen LogP) is 2.31. The Kier molecular flexibility index (Phi) is 5.72. The monoisotopic (exact) mass is 370 g/mol. The molecule has 6 heteroatoms. The molecule has 1 saturated carbocycles. The third-order valence-electron chi connectivity index (χ3n) is 6.19. The second-order valence-electron chi connectivity index (χ2n) is 8.28. The van der Waals surface area contributed by atoms with Crippen LogP contribution in [0.1, 0.15) is 65.9 Å². The van der Waals surface area contributed by atoms with Crippen LogP contribution in [0.5, 0.6) is 0 Å². The second-order valence-corrected chi connectivity index (χ2v) is 8.28. The molecule has 3 heterocycles. The van der Waals surface area contributed by atoms with Crippen molar-refractivity contribution in [1.29, 1.82) is 0 Å². The van der Waals surface area contributed by atoms with Crippen LogP contribution < -0.4 is 5.32 Å². The van der Waals surface area contributed by atoms with Crippen LogP contribution in [-0.4, -0.2) is 65.4 Å². The molecule has 3 aliphatic rings. The highest BCUT2D eigenvalue weighted by Gasteiger charge is 2.28. The van der Waals surface area contributed by atoms with E-state index in [-0.39, 0.29) is 17.9 Å². The summed E-state index contributed by atoms with van der Waals surface area (Å²) < 4.78 is 0. The lowest BCUT2D eigenvalue weighted by Crippen LogP contribution is -2.38. The van der Waals surface area contributed by atoms with Crippen molar-refractivity contribution in [3.05, 3.63) is 29.6 Å². The Balaban J connectivity index is 1.31. The van der Waals surface area contributed by atoms with Crippen LogP contribution >= 0.6 is 0 Å². The molecule has 146 valence electrons. The zero-order valence-corrected chi connectivity index (χ0v) is 16.0. The van der Waals surface area contributed by atoms with Gasteiger partial charge < -0.3 is 15.1 Å². The van der Waals surface area contributed by atoms with E-state index in [2.05, 4.69) is 15.2 Å². The Bertz CT molecular complexity index is 681. The molecule has 0 aromatic carbocycles. The van der Waals surface area contributed by atoms with E-state index in [0.717, 1.165) is 51.4 Å². The predicted molar refractivity (Wildman–Crippen MR) is 104 cm³/mol. The molecule has 0 spiro atoms. The average Bonchev–Trinajstić information content (AvgIpc) is 3.45. The van der Waals surface area contributed by atoms with E-state index < -0.39 is 0 Å². The van der Waals surface area contributed by atoms with Crippen molar-refractivity contribution in [3.63, 3.8) is 0 Å². The number of aromatic nitrogens is 1. The zero-order chi connectivity index (χ0) is 18.6. The van der Waals surface area contributed by atoms with Crippen LogP contribution in [0, 0.1) is 5.92 Å². The van der Waals surface area contributed by atoms with Crippen LogP contribution in [0.15, 0.2) is 18.2 Å². The van der Waals surface area contributed by atoms with Crippen molar-refractivity contribution in [3.8, 4) is 0 Å². The lowest BCUT2D eigenvalue weighted by Gasteiger charge is -2.20. The molecule has 2 saturated heterocycles. The minimum Gasteiger partial charge on any atom is -0.347 e. The number of rotatable bonds is 5. The quantitative estimate of drug-likeness (QED) is 0.864. The van der Waals surface area contributed by atoms with E-state index >= 15 is 0 Å². The summed E-state index contributed by atoms with van der Waals surface area (Å²) in [5.74, 6) is 0.610. The Hall–Kier alpha value is -1.95. The molecule has 1 unspecified atom stereocenters. The molecule has 1 N–H and O–H groups in total. The van der Waals surface area contributed by atoms with Crippen LogP contribution in [0.3, 0.4) is 0 Å². The number of likely N-dealkylation sites (tertiary alicyclic amines) is 2. The van der Waals surface area contributed by atoms with Crippen molar-refractivity contribution in [2.24, 2.45) is 5.92 Å². The van der Waals surface area contributed by atoms with E-state index in [9.17, 15) is 9.59 Å². The zero-order valence-electron chi connectivity index (χ0n) is 16.0. The van der Waals surface area contributed by atoms with Crippen molar-refractivity contribution < 1.29 is 9.59 Å². The molecular formula is C21H30N4O2. The van der Waals surface area contributed by atoms with Gasteiger partial charge in [-0.3, -0.25) is 9.59 Å². The van der Waals surface area contributed by atoms with Gasteiger partial charge in [0, 0.05) is 38.8 Å². The van der Waals surface area contributed by atoms with E-state index in [1.807, 2.05) is 4.90 Å². The van der Waals surface area contributed by atoms with E-state index in [0.29, 0.717) is 11.4 Å². The number of pyridine rings is 1. The fourth-order valence-electron chi connectivity index (χ4n) is 4.70. The van der Waals surface area contributed by atoms with Crippen LogP contribution in [0.25, 0.3) is 0 Å². The molecule has 0 bridgehead atoms. The highest BCUT2D eigenvalue weighted by atomic mass is 16.2. The highest BCUT2D eigenvalue weighted by molar-refractivity contribution is 5.96. The van der Waals surface area contributed by atoms with Gasteiger partial charge >= 0.3 is 0 Å². The minimum absolute atomic E-state index is 0.0641. The van der Waals surface area contributed by atoms with Gasteiger partial charge in [0.2, 0.25) is 0 Å². The topological polar surface area (TPSA) is 65.5 Å². The van der Waals surface area contributed by atoms with E-state index in [1.54, 1.807) is 18.2 Å². The maximum Gasteiger partial charge on any atom is 0.272 e. The Labute approximate surface area is 161 Å². The van der Waals surface area contributed by atoms with E-state index in [4.69, 9.17) is 0 Å². The average molecular weight is 370 g/mol. The van der Waals surface area contributed by atoms with Crippen molar-refractivity contribution in [2.45, 2.75) is 51.0 Å².